The molecule has 0 fully saturated rings. The van der Waals surface area contributed by atoms with Crippen molar-refractivity contribution < 1.29 is 14.3 Å². The van der Waals surface area contributed by atoms with Crippen LogP contribution < -0.4 is 10.7 Å². The minimum atomic E-state index is -0.478. The zero-order valence-corrected chi connectivity index (χ0v) is 17.8. The normalized spacial score (nSPS) is 10.8. The first kappa shape index (κ1) is 21.4. The number of aromatic nitrogens is 5. The van der Waals surface area contributed by atoms with Gasteiger partial charge in [0.05, 0.1) is 18.1 Å². The number of esters is 1. The van der Waals surface area contributed by atoms with Crippen LogP contribution in [-0.2, 0) is 14.3 Å². The molecular weight excluding hydrogens is 406 g/mol. The van der Waals surface area contributed by atoms with E-state index in [0.717, 1.165) is 23.1 Å². The monoisotopic (exact) mass is 429 g/mol. The highest BCUT2D eigenvalue weighted by molar-refractivity contribution is 7.99. The van der Waals surface area contributed by atoms with Crippen molar-refractivity contribution in [2.75, 3.05) is 29.6 Å². The maximum atomic E-state index is 12.9. The summed E-state index contributed by atoms with van der Waals surface area (Å²) in [6.07, 6.45) is 0. The number of nitrogens with two attached hydrogens (primary N) is 1. The van der Waals surface area contributed by atoms with Crippen LogP contribution in [0.2, 0.25) is 0 Å². The molecule has 30 heavy (non-hydrogen) atoms. The Morgan fingerprint density at radius 1 is 1.20 bits per heavy atom. The molecule has 0 bridgehead atoms. The van der Waals surface area contributed by atoms with Gasteiger partial charge in [-0.1, -0.05) is 30.0 Å². The molecule has 0 aliphatic rings. The molecule has 1 amide bonds. The molecule has 1 aromatic carbocycles. The molecule has 10 nitrogen and oxygen atoms in total. The molecule has 0 saturated carbocycles. The molecule has 0 radical (unpaired) electrons. The summed E-state index contributed by atoms with van der Waals surface area (Å²) < 4.78 is 7.87. The summed E-state index contributed by atoms with van der Waals surface area (Å²) in [5.74, 6) is 5.72. The number of thioether (sulfide) groups is 1. The molecule has 0 unspecified atom stereocenters. The van der Waals surface area contributed by atoms with Gasteiger partial charge in [0.2, 0.25) is 11.1 Å². The van der Waals surface area contributed by atoms with Gasteiger partial charge in [-0.25, -0.2) is 9.36 Å². The lowest BCUT2D eigenvalue weighted by Gasteiger charge is -2.21. The average Bonchev–Trinajstić information content (AvgIpc) is 3.25. The number of carbonyl (C=O) groups excluding carboxylic acids is 2. The third kappa shape index (κ3) is 4.79. The van der Waals surface area contributed by atoms with Crippen LogP contribution in [-0.4, -0.2) is 55.4 Å². The SMILES string of the molecule is CCOC(=O)CN(C(=O)CSc1nnc(-n2nc(C)cc2C)n1N)c1ccccc1. The Labute approximate surface area is 178 Å². The van der Waals surface area contributed by atoms with Crippen molar-refractivity contribution in [3.8, 4) is 5.95 Å². The Hall–Kier alpha value is -3.34. The lowest BCUT2D eigenvalue weighted by molar-refractivity contribution is -0.142. The number of benzene rings is 1. The fraction of sp³-hybridized carbons (Fsp3) is 0.316. The Balaban J connectivity index is 1.74. The standard InChI is InChI=1S/C19H23N7O3S/c1-4-29-17(28)11-24(15-8-6-5-7-9-15)16(27)12-30-19-22-21-18(25(19)20)26-14(3)10-13(2)23-26/h5-10H,4,11-12,20H2,1-3H3. The van der Waals surface area contributed by atoms with E-state index in [4.69, 9.17) is 10.6 Å². The van der Waals surface area contributed by atoms with Crippen LogP contribution in [0.1, 0.15) is 18.3 Å². The Bertz CT molecular complexity index is 1030. The maximum Gasteiger partial charge on any atom is 0.326 e. The quantitative estimate of drug-likeness (QED) is 0.325. The van der Waals surface area contributed by atoms with Crippen LogP contribution in [0.5, 0.6) is 0 Å². The van der Waals surface area contributed by atoms with E-state index >= 15 is 0 Å². The summed E-state index contributed by atoms with van der Waals surface area (Å²) in [5.41, 5.74) is 2.30. The van der Waals surface area contributed by atoms with Crippen molar-refractivity contribution in [3.05, 3.63) is 47.8 Å². The number of rotatable bonds is 8. The van der Waals surface area contributed by atoms with Gasteiger partial charge in [-0.2, -0.15) is 5.10 Å². The van der Waals surface area contributed by atoms with E-state index < -0.39 is 5.97 Å². The van der Waals surface area contributed by atoms with Crippen molar-refractivity contribution in [1.82, 2.24) is 24.7 Å². The van der Waals surface area contributed by atoms with Gasteiger partial charge in [-0.3, -0.25) is 9.59 Å². The topological polar surface area (TPSA) is 121 Å². The Kier molecular flexibility index (Phi) is 6.72. The zero-order chi connectivity index (χ0) is 21.7. The Morgan fingerprint density at radius 3 is 2.57 bits per heavy atom. The van der Waals surface area contributed by atoms with E-state index in [1.165, 1.54) is 9.58 Å². The average molecular weight is 430 g/mol. The smallest absolute Gasteiger partial charge is 0.326 e. The predicted octanol–water partition coefficient (Wildman–Crippen LogP) is 1.48. The van der Waals surface area contributed by atoms with Gasteiger partial charge in [0.15, 0.2) is 0 Å². The van der Waals surface area contributed by atoms with Gasteiger partial charge in [0.1, 0.15) is 6.54 Å². The summed E-state index contributed by atoms with van der Waals surface area (Å²) in [6.45, 7) is 5.55. The lowest BCUT2D eigenvalue weighted by atomic mass is 10.3. The highest BCUT2D eigenvalue weighted by Gasteiger charge is 2.22. The second-order valence-corrected chi connectivity index (χ2v) is 7.34. The molecule has 2 aromatic heterocycles. The molecule has 0 saturated heterocycles. The van der Waals surface area contributed by atoms with Crippen LogP contribution in [0.3, 0.4) is 0 Å². The van der Waals surface area contributed by atoms with Gasteiger partial charge in [0.25, 0.3) is 5.95 Å². The molecule has 0 aliphatic heterocycles. The highest BCUT2D eigenvalue weighted by atomic mass is 32.2. The van der Waals surface area contributed by atoms with Crippen molar-refractivity contribution >= 4 is 29.3 Å². The van der Waals surface area contributed by atoms with Crippen molar-refractivity contribution in [3.63, 3.8) is 0 Å². The van der Waals surface area contributed by atoms with Crippen LogP contribution in [0.4, 0.5) is 5.69 Å². The fourth-order valence-corrected chi connectivity index (χ4v) is 3.54. The molecule has 158 valence electrons. The van der Waals surface area contributed by atoms with E-state index in [0.29, 0.717) is 16.8 Å². The Morgan fingerprint density at radius 2 is 1.93 bits per heavy atom. The summed E-state index contributed by atoms with van der Waals surface area (Å²) in [6, 6.07) is 10.8. The summed E-state index contributed by atoms with van der Waals surface area (Å²) >= 11 is 1.13. The van der Waals surface area contributed by atoms with Gasteiger partial charge in [0, 0.05) is 11.4 Å². The molecule has 2 heterocycles. The van der Waals surface area contributed by atoms with E-state index in [2.05, 4.69) is 15.3 Å². The zero-order valence-electron chi connectivity index (χ0n) is 17.0. The third-order valence-corrected chi connectivity index (χ3v) is 5.06. The summed E-state index contributed by atoms with van der Waals surface area (Å²) in [4.78, 5) is 26.2. The number of ether oxygens (including phenoxy) is 1. The maximum absolute atomic E-state index is 12.9. The predicted molar refractivity (Wildman–Crippen MR) is 113 cm³/mol. The summed E-state index contributed by atoms with van der Waals surface area (Å²) in [7, 11) is 0. The molecule has 0 spiro atoms. The molecule has 0 aliphatic carbocycles. The first-order chi connectivity index (χ1) is 14.4. The van der Waals surface area contributed by atoms with Crippen LogP contribution in [0, 0.1) is 13.8 Å². The van der Waals surface area contributed by atoms with E-state index in [1.54, 1.807) is 35.9 Å². The molecular formula is C19H23N7O3S. The molecule has 3 rings (SSSR count). The number of hydrogen-bond acceptors (Lipinski definition) is 8. The number of para-hydroxylation sites is 1. The lowest BCUT2D eigenvalue weighted by Crippen LogP contribution is -2.37. The first-order valence-corrected chi connectivity index (χ1v) is 10.3. The van der Waals surface area contributed by atoms with E-state index in [1.807, 2.05) is 26.0 Å². The number of carbonyl (C=O) groups is 2. The molecule has 11 heteroatoms. The summed E-state index contributed by atoms with van der Waals surface area (Å²) in [5, 5.41) is 12.8. The van der Waals surface area contributed by atoms with Crippen molar-refractivity contribution in [1.29, 1.82) is 0 Å². The number of aryl methyl sites for hydroxylation is 2. The minimum Gasteiger partial charge on any atom is -0.465 e. The number of nitrogen functional groups attached to an aromatic ring is 1. The van der Waals surface area contributed by atoms with Crippen LogP contribution >= 0.6 is 11.8 Å². The first-order valence-electron chi connectivity index (χ1n) is 9.28. The van der Waals surface area contributed by atoms with Crippen LogP contribution in [0.15, 0.2) is 41.6 Å². The molecule has 0 atom stereocenters. The van der Waals surface area contributed by atoms with Crippen molar-refractivity contribution in [2.24, 2.45) is 0 Å². The van der Waals surface area contributed by atoms with Gasteiger partial charge < -0.3 is 15.5 Å². The number of hydrogen-bond donors (Lipinski definition) is 1. The highest BCUT2D eigenvalue weighted by Crippen LogP contribution is 2.20. The van der Waals surface area contributed by atoms with E-state index in [-0.39, 0.29) is 24.8 Å². The van der Waals surface area contributed by atoms with Gasteiger partial charge in [-0.15, -0.1) is 10.2 Å². The third-order valence-electron chi connectivity index (χ3n) is 4.13. The molecule has 2 N–H and O–H groups in total. The van der Waals surface area contributed by atoms with Gasteiger partial charge in [-0.05, 0) is 39.0 Å². The minimum absolute atomic E-state index is 0.0146. The van der Waals surface area contributed by atoms with Crippen molar-refractivity contribution in [2.45, 2.75) is 25.9 Å². The van der Waals surface area contributed by atoms with Crippen LogP contribution in [0.25, 0.3) is 5.95 Å². The largest absolute Gasteiger partial charge is 0.465 e. The fourth-order valence-electron chi connectivity index (χ4n) is 2.81. The second-order valence-electron chi connectivity index (χ2n) is 6.40. The second kappa shape index (κ2) is 9.44. The van der Waals surface area contributed by atoms with E-state index in [9.17, 15) is 9.59 Å². The number of amides is 1. The number of nitrogens with zero attached hydrogens (tertiary/aromatic N) is 6. The molecule has 3 aromatic rings. The van der Waals surface area contributed by atoms with Gasteiger partial charge >= 0.3 is 5.97 Å². The number of anilines is 1.